The third-order valence-electron chi connectivity index (χ3n) is 3.46. The number of carbonyl (C=O) groups excluding carboxylic acids is 1. The van der Waals surface area contributed by atoms with E-state index in [9.17, 15) is 13.2 Å². The lowest BCUT2D eigenvalue weighted by Crippen LogP contribution is -2.35. The SMILES string of the molecule is O=C(CS(=O)(=O)C1CCCC1)NCCc1ccc(Br)s1. The Balaban J connectivity index is 1.75. The summed E-state index contributed by atoms with van der Waals surface area (Å²) in [4.78, 5) is 12.9. The monoisotopic (exact) mass is 379 g/mol. The molecule has 2 rings (SSSR count). The fraction of sp³-hybridized carbons (Fsp3) is 0.615. The largest absolute Gasteiger partial charge is 0.355 e. The van der Waals surface area contributed by atoms with Gasteiger partial charge in [0.05, 0.1) is 9.04 Å². The van der Waals surface area contributed by atoms with Crippen LogP contribution in [0.25, 0.3) is 0 Å². The summed E-state index contributed by atoms with van der Waals surface area (Å²) in [5.74, 6) is -0.751. The highest BCUT2D eigenvalue weighted by atomic mass is 79.9. The maximum absolute atomic E-state index is 12.0. The van der Waals surface area contributed by atoms with Crippen molar-refractivity contribution in [2.75, 3.05) is 12.3 Å². The van der Waals surface area contributed by atoms with Crippen molar-refractivity contribution >= 4 is 43.0 Å². The van der Waals surface area contributed by atoms with Crippen LogP contribution in [0.1, 0.15) is 30.6 Å². The molecule has 0 aliphatic heterocycles. The zero-order valence-electron chi connectivity index (χ0n) is 11.1. The standard InChI is InChI=1S/C13H18BrNO3S2/c14-12-6-5-10(19-12)7-8-15-13(16)9-20(17,18)11-3-1-2-4-11/h5-6,11H,1-4,7-9H2,(H,15,16). The van der Waals surface area contributed by atoms with Crippen molar-refractivity contribution in [2.24, 2.45) is 0 Å². The Bertz CT molecular complexity index is 562. The quantitative estimate of drug-likeness (QED) is 0.825. The van der Waals surface area contributed by atoms with E-state index in [-0.39, 0.29) is 16.9 Å². The molecule has 0 spiro atoms. The fourth-order valence-electron chi connectivity index (χ4n) is 2.41. The van der Waals surface area contributed by atoms with Crippen LogP contribution in [0.4, 0.5) is 0 Å². The summed E-state index contributed by atoms with van der Waals surface area (Å²) in [6, 6.07) is 3.96. The van der Waals surface area contributed by atoms with Gasteiger partial charge >= 0.3 is 0 Å². The van der Waals surface area contributed by atoms with Crippen LogP contribution in [-0.4, -0.2) is 31.9 Å². The average Bonchev–Trinajstić information content (AvgIpc) is 3.00. The average molecular weight is 380 g/mol. The smallest absolute Gasteiger partial charge is 0.235 e. The summed E-state index contributed by atoms with van der Waals surface area (Å²) in [5.41, 5.74) is 0. The molecule has 0 atom stereocenters. The Morgan fingerprint density at radius 1 is 1.35 bits per heavy atom. The van der Waals surface area contributed by atoms with Gasteiger partial charge in [-0.25, -0.2) is 8.42 Å². The molecule has 1 aliphatic rings. The van der Waals surface area contributed by atoms with Gasteiger partial charge in [-0.3, -0.25) is 4.79 Å². The van der Waals surface area contributed by atoms with E-state index in [1.165, 1.54) is 0 Å². The van der Waals surface area contributed by atoms with Gasteiger partial charge in [0.2, 0.25) is 5.91 Å². The van der Waals surface area contributed by atoms with Crippen LogP contribution in [0, 0.1) is 0 Å². The summed E-state index contributed by atoms with van der Waals surface area (Å²) < 4.78 is 25.1. The number of hydrogen-bond acceptors (Lipinski definition) is 4. The Labute approximate surface area is 132 Å². The summed E-state index contributed by atoms with van der Waals surface area (Å²) in [7, 11) is -3.27. The molecule has 1 amide bonds. The third-order valence-corrected chi connectivity index (χ3v) is 7.30. The molecule has 4 nitrogen and oxygen atoms in total. The molecule has 1 N–H and O–H groups in total. The van der Waals surface area contributed by atoms with Crippen molar-refractivity contribution < 1.29 is 13.2 Å². The molecular formula is C13H18BrNO3S2. The number of halogens is 1. The fourth-order valence-corrected chi connectivity index (χ4v) is 5.65. The van der Waals surface area contributed by atoms with E-state index in [0.29, 0.717) is 19.4 Å². The van der Waals surface area contributed by atoms with Crippen LogP contribution in [-0.2, 0) is 21.1 Å². The summed E-state index contributed by atoms with van der Waals surface area (Å²) in [5, 5.41) is 2.39. The predicted molar refractivity (Wildman–Crippen MR) is 84.8 cm³/mol. The number of nitrogens with one attached hydrogen (secondary N) is 1. The van der Waals surface area contributed by atoms with E-state index in [4.69, 9.17) is 0 Å². The lowest BCUT2D eigenvalue weighted by molar-refractivity contribution is -0.118. The van der Waals surface area contributed by atoms with Crippen molar-refractivity contribution in [2.45, 2.75) is 37.4 Å². The first-order chi connectivity index (χ1) is 9.47. The van der Waals surface area contributed by atoms with Gasteiger partial charge in [-0.15, -0.1) is 11.3 Å². The Morgan fingerprint density at radius 3 is 2.65 bits per heavy atom. The Morgan fingerprint density at radius 2 is 2.05 bits per heavy atom. The second-order valence-electron chi connectivity index (χ2n) is 5.02. The van der Waals surface area contributed by atoms with Gasteiger partial charge in [0.25, 0.3) is 0 Å². The minimum absolute atomic E-state index is 0.304. The molecule has 0 bridgehead atoms. The summed E-state index contributed by atoms with van der Waals surface area (Å²) >= 11 is 5.00. The first-order valence-corrected chi connectivity index (χ1v) is 10.0. The minimum Gasteiger partial charge on any atom is -0.355 e. The van der Waals surface area contributed by atoms with Crippen molar-refractivity contribution in [3.8, 4) is 0 Å². The van der Waals surface area contributed by atoms with Crippen molar-refractivity contribution in [1.29, 1.82) is 0 Å². The Hall–Kier alpha value is -0.400. The van der Waals surface area contributed by atoms with Gasteiger partial charge in [-0.1, -0.05) is 12.8 Å². The van der Waals surface area contributed by atoms with Gasteiger partial charge < -0.3 is 5.32 Å². The van der Waals surface area contributed by atoms with E-state index >= 15 is 0 Å². The molecule has 0 saturated heterocycles. The number of amides is 1. The predicted octanol–water partition coefficient (Wildman–Crippen LogP) is 2.53. The number of carbonyl (C=O) groups is 1. The van der Waals surface area contributed by atoms with Crippen molar-refractivity contribution in [3.63, 3.8) is 0 Å². The molecule has 1 aromatic rings. The first-order valence-electron chi connectivity index (χ1n) is 6.70. The maximum atomic E-state index is 12.0. The van der Waals surface area contributed by atoms with E-state index in [1.807, 2.05) is 12.1 Å². The topological polar surface area (TPSA) is 63.2 Å². The van der Waals surface area contributed by atoms with Gasteiger partial charge in [-0.05, 0) is 47.3 Å². The van der Waals surface area contributed by atoms with Crippen LogP contribution in [0.15, 0.2) is 15.9 Å². The summed E-state index contributed by atoms with van der Waals surface area (Å²) in [6.07, 6.45) is 4.06. The zero-order chi connectivity index (χ0) is 14.6. The minimum atomic E-state index is -3.27. The van der Waals surface area contributed by atoms with Gasteiger partial charge in [0.1, 0.15) is 5.75 Å². The van der Waals surface area contributed by atoms with Crippen molar-refractivity contribution in [3.05, 3.63) is 20.8 Å². The molecule has 1 fully saturated rings. The van der Waals surface area contributed by atoms with Gasteiger partial charge in [-0.2, -0.15) is 0 Å². The third kappa shape index (κ3) is 4.56. The number of thiophene rings is 1. The molecule has 0 unspecified atom stereocenters. The molecule has 1 aromatic heterocycles. The number of sulfone groups is 1. The molecule has 1 heterocycles. The lowest BCUT2D eigenvalue weighted by atomic mass is 10.3. The molecule has 0 aromatic carbocycles. The number of rotatable bonds is 6. The molecule has 7 heteroatoms. The first kappa shape index (κ1) is 16.0. The highest BCUT2D eigenvalue weighted by molar-refractivity contribution is 9.11. The second kappa shape index (κ2) is 7.04. The van der Waals surface area contributed by atoms with E-state index in [2.05, 4.69) is 21.2 Å². The molecule has 1 aliphatic carbocycles. The number of hydrogen-bond donors (Lipinski definition) is 1. The van der Waals surface area contributed by atoms with Crippen LogP contribution in [0.3, 0.4) is 0 Å². The molecule has 1 saturated carbocycles. The van der Waals surface area contributed by atoms with Crippen molar-refractivity contribution in [1.82, 2.24) is 5.32 Å². The summed E-state index contributed by atoms with van der Waals surface area (Å²) in [6.45, 7) is 0.478. The second-order valence-corrected chi connectivity index (χ2v) is 9.85. The Kier molecular flexibility index (Phi) is 5.63. The van der Waals surface area contributed by atoms with E-state index in [0.717, 1.165) is 27.9 Å². The van der Waals surface area contributed by atoms with E-state index < -0.39 is 9.84 Å². The molecule has 20 heavy (non-hydrogen) atoms. The zero-order valence-corrected chi connectivity index (χ0v) is 14.3. The molecular weight excluding hydrogens is 362 g/mol. The normalized spacial score (nSPS) is 16.4. The van der Waals surface area contributed by atoms with Crippen LogP contribution >= 0.6 is 27.3 Å². The van der Waals surface area contributed by atoms with E-state index in [1.54, 1.807) is 11.3 Å². The molecule has 112 valence electrons. The van der Waals surface area contributed by atoms with Crippen LogP contribution in [0.2, 0.25) is 0 Å². The molecule has 0 radical (unpaired) electrons. The van der Waals surface area contributed by atoms with Gasteiger partial charge in [0, 0.05) is 11.4 Å². The highest BCUT2D eigenvalue weighted by Gasteiger charge is 2.30. The maximum Gasteiger partial charge on any atom is 0.235 e. The van der Waals surface area contributed by atoms with Crippen LogP contribution in [0.5, 0.6) is 0 Å². The van der Waals surface area contributed by atoms with Crippen LogP contribution < -0.4 is 5.32 Å². The van der Waals surface area contributed by atoms with Gasteiger partial charge in [0.15, 0.2) is 9.84 Å². The lowest BCUT2D eigenvalue weighted by Gasteiger charge is -2.10. The highest BCUT2D eigenvalue weighted by Crippen LogP contribution is 2.25.